The summed E-state index contributed by atoms with van der Waals surface area (Å²) >= 11 is 5.37. The molecule has 3 atom stereocenters. The lowest BCUT2D eigenvalue weighted by molar-refractivity contribution is -0.139. The zero-order valence-corrected chi connectivity index (χ0v) is 21.0. The van der Waals surface area contributed by atoms with Crippen LogP contribution in [0.5, 0.6) is 0 Å². The molecule has 2 aromatic heterocycles. The average molecular weight is 453 g/mol. The zero-order chi connectivity index (χ0) is 22.5. The number of rotatable bonds is 5. The predicted molar refractivity (Wildman–Crippen MR) is 122 cm³/mol. The van der Waals surface area contributed by atoms with Gasteiger partial charge in [0.2, 0.25) is 0 Å². The predicted octanol–water partition coefficient (Wildman–Crippen LogP) is 3.81. The van der Waals surface area contributed by atoms with E-state index in [1.54, 1.807) is 6.33 Å². The number of fused-ring (bicyclic) bond motifs is 1. The molecule has 1 fully saturated rings. The van der Waals surface area contributed by atoms with Crippen molar-refractivity contribution in [3.8, 4) is 0 Å². The van der Waals surface area contributed by atoms with E-state index in [-0.39, 0.29) is 29.4 Å². The quantitative estimate of drug-likeness (QED) is 0.525. The number of nitrogen functional groups attached to an aromatic ring is 1. The number of nitrogens with two attached hydrogens (primary N) is 1. The number of H-pyrrole nitrogens is 1. The van der Waals surface area contributed by atoms with Gasteiger partial charge in [0.1, 0.15) is 31.4 Å². The first-order valence-corrected chi connectivity index (χ1v) is 13.2. The molecule has 0 saturated carbocycles. The lowest BCUT2D eigenvalue weighted by Gasteiger charge is -2.34. The van der Waals surface area contributed by atoms with Crippen molar-refractivity contribution in [2.24, 2.45) is 0 Å². The fourth-order valence-corrected chi connectivity index (χ4v) is 5.65. The van der Waals surface area contributed by atoms with E-state index in [1.165, 1.54) is 0 Å². The largest absolute Gasteiger partial charge is 0.373 e. The molecule has 1 aliphatic rings. The standard InChI is InChI=1S/C20H34N5O3SSi/c1-18(2,3)26-10-13-12(27-19(4,5)6)9-20(28-13,30(7)8)25-11-22-14-15(25)23-17(21)24-16(14)29/h11-13H,9-10H2,1-8H3,(H3,21,23,24,29)/t12-,13+,20-/m0/s1. The van der Waals surface area contributed by atoms with Gasteiger partial charge in [-0.3, -0.25) is 4.57 Å². The normalized spacial score (nSPS) is 25.5. The monoisotopic (exact) mass is 452 g/mol. The highest BCUT2D eigenvalue weighted by Gasteiger charge is 2.52. The van der Waals surface area contributed by atoms with Crippen molar-refractivity contribution >= 4 is 38.1 Å². The van der Waals surface area contributed by atoms with Gasteiger partial charge in [0.05, 0.1) is 30.2 Å². The van der Waals surface area contributed by atoms with Crippen molar-refractivity contribution in [3.05, 3.63) is 11.0 Å². The second kappa shape index (κ2) is 7.98. The SMILES string of the molecule is C[Si](C)[C@]1(n2cnc3c(=S)nc(N)[nH]c32)C[C@H](OC(C)(C)C)[C@@H](COC(C)(C)C)O1. The number of ether oxygens (including phenoxy) is 3. The van der Waals surface area contributed by atoms with Gasteiger partial charge in [0.15, 0.2) is 10.6 Å². The molecule has 3 rings (SSSR count). The lowest BCUT2D eigenvalue weighted by Crippen LogP contribution is -2.45. The molecule has 1 saturated heterocycles. The van der Waals surface area contributed by atoms with Crippen LogP contribution in [0.25, 0.3) is 11.2 Å². The number of aromatic nitrogens is 4. The van der Waals surface area contributed by atoms with Crippen LogP contribution in [0, 0.1) is 4.64 Å². The lowest BCUT2D eigenvalue weighted by atomic mass is 10.1. The van der Waals surface area contributed by atoms with Crippen molar-refractivity contribution in [1.82, 2.24) is 19.5 Å². The number of nitrogens with one attached hydrogen (secondary N) is 1. The second-order valence-corrected chi connectivity index (χ2v) is 13.2. The highest BCUT2D eigenvalue weighted by Crippen LogP contribution is 2.42. The maximum absolute atomic E-state index is 6.80. The minimum absolute atomic E-state index is 0.119. The van der Waals surface area contributed by atoms with Crippen LogP contribution in [0.3, 0.4) is 0 Å². The smallest absolute Gasteiger partial charge is 0.200 e. The number of anilines is 1. The molecule has 0 amide bonds. The number of aromatic amines is 1. The minimum Gasteiger partial charge on any atom is -0.373 e. The molecule has 0 spiro atoms. The Morgan fingerprint density at radius 1 is 1.30 bits per heavy atom. The van der Waals surface area contributed by atoms with Crippen LogP contribution in [0.4, 0.5) is 5.95 Å². The van der Waals surface area contributed by atoms with Crippen molar-refractivity contribution < 1.29 is 14.2 Å². The van der Waals surface area contributed by atoms with E-state index >= 15 is 0 Å². The maximum Gasteiger partial charge on any atom is 0.200 e. The van der Waals surface area contributed by atoms with E-state index in [9.17, 15) is 0 Å². The van der Waals surface area contributed by atoms with Gasteiger partial charge in [-0.15, -0.1) is 0 Å². The summed E-state index contributed by atoms with van der Waals surface area (Å²) in [4.78, 5) is 11.8. The van der Waals surface area contributed by atoms with Crippen LogP contribution in [-0.2, 0) is 19.6 Å². The van der Waals surface area contributed by atoms with Crippen LogP contribution in [0.1, 0.15) is 48.0 Å². The Labute approximate surface area is 185 Å². The van der Waals surface area contributed by atoms with Gasteiger partial charge >= 0.3 is 0 Å². The van der Waals surface area contributed by atoms with E-state index in [4.69, 9.17) is 32.2 Å². The Kier molecular flexibility index (Phi) is 6.20. The van der Waals surface area contributed by atoms with E-state index in [0.717, 1.165) is 5.65 Å². The Morgan fingerprint density at radius 2 is 1.97 bits per heavy atom. The molecule has 167 valence electrons. The van der Waals surface area contributed by atoms with Gasteiger partial charge in [-0.1, -0.05) is 25.3 Å². The minimum atomic E-state index is -1.03. The van der Waals surface area contributed by atoms with Crippen molar-refractivity contribution in [2.75, 3.05) is 12.3 Å². The molecular formula is C20H34N5O3SSi. The van der Waals surface area contributed by atoms with Crippen LogP contribution < -0.4 is 5.73 Å². The molecule has 0 bridgehead atoms. The first kappa shape index (κ1) is 23.3. The number of hydrogen-bond acceptors (Lipinski definition) is 7. The fourth-order valence-electron chi connectivity index (χ4n) is 3.75. The van der Waals surface area contributed by atoms with E-state index in [0.29, 0.717) is 23.2 Å². The van der Waals surface area contributed by atoms with Gasteiger partial charge in [0.25, 0.3) is 0 Å². The first-order valence-electron chi connectivity index (χ1n) is 10.3. The molecule has 10 heteroatoms. The summed E-state index contributed by atoms with van der Waals surface area (Å²) in [5, 5.41) is -0.590. The van der Waals surface area contributed by atoms with Gasteiger partial charge < -0.3 is 24.9 Å². The highest BCUT2D eigenvalue weighted by atomic mass is 32.1. The molecule has 1 aliphatic heterocycles. The van der Waals surface area contributed by atoms with E-state index in [2.05, 4.69) is 48.8 Å². The van der Waals surface area contributed by atoms with E-state index in [1.807, 2.05) is 25.3 Å². The third-order valence-electron chi connectivity index (χ3n) is 5.03. The Morgan fingerprint density at radius 3 is 2.53 bits per heavy atom. The Balaban J connectivity index is 2.06. The second-order valence-electron chi connectivity index (χ2n) is 10.1. The molecule has 1 radical (unpaired) electrons. The van der Waals surface area contributed by atoms with Gasteiger partial charge in [-0.2, -0.15) is 0 Å². The van der Waals surface area contributed by atoms with Crippen LogP contribution in [0.2, 0.25) is 13.1 Å². The molecule has 2 aromatic rings. The van der Waals surface area contributed by atoms with Crippen LogP contribution >= 0.6 is 12.2 Å². The third kappa shape index (κ3) is 4.77. The summed E-state index contributed by atoms with van der Waals surface area (Å²) in [5.41, 5.74) is 6.73. The first-order chi connectivity index (χ1) is 13.7. The highest BCUT2D eigenvalue weighted by molar-refractivity contribution is 7.71. The molecule has 0 aliphatic carbocycles. The van der Waals surface area contributed by atoms with Crippen LogP contribution in [-0.4, -0.2) is 58.3 Å². The van der Waals surface area contributed by atoms with E-state index < -0.39 is 14.1 Å². The average Bonchev–Trinajstić information content (AvgIpc) is 3.13. The van der Waals surface area contributed by atoms with Gasteiger partial charge in [0, 0.05) is 6.42 Å². The summed E-state index contributed by atoms with van der Waals surface area (Å²) < 4.78 is 21.8. The summed E-state index contributed by atoms with van der Waals surface area (Å²) in [5.74, 6) is 0.262. The van der Waals surface area contributed by atoms with Gasteiger partial charge in [-0.05, 0) is 41.5 Å². The van der Waals surface area contributed by atoms with Gasteiger partial charge in [-0.25, -0.2) is 9.97 Å². The number of hydrogen-bond donors (Lipinski definition) is 2. The topological polar surface area (TPSA) is 100 Å². The summed E-state index contributed by atoms with van der Waals surface area (Å²) in [6.45, 7) is 17.2. The molecular weight excluding hydrogens is 418 g/mol. The molecule has 0 aromatic carbocycles. The Bertz CT molecular complexity index is 962. The number of imidazole rings is 1. The summed E-state index contributed by atoms with van der Waals surface area (Å²) in [6.07, 6.45) is 2.14. The molecule has 3 N–H and O–H groups in total. The maximum atomic E-state index is 6.80. The molecule has 30 heavy (non-hydrogen) atoms. The molecule has 8 nitrogen and oxygen atoms in total. The van der Waals surface area contributed by atoms with Crippen LogP contribution in [0.15, 0.2) is 6.33 Å². The van der Waals surface area contributed by atoms with Crippen molar-refractivity contribution in [3.63, 3.8) is 0 Å². The van der Waals surface area contributed by atoms with Crippen molar-refractivity contribution in [2.45, 2.75) is 89.8 Å². The summed E-state index contributed by atoms with van der Waals surface area (Å²) in [7, 11) is -1.03. The third-order valence-corrected chi connectivity index (χ3v) is 7.44. The summed E-state index contributed by atoms with van der Waals surface area (Å²) in [6, 6.07) is 0. The molecule has 0 unspecified atom stereocenters. The fraction of sp³-hybridized carbons (Fsp3) is 0.750. The zero-order valence-electron chi connectivity index (χ0n) is 19.2. The molecule has 3 heterocycles. The Hall–Kier alpha value is -1.33. The van der Waals surface area contributed by atoms with Crippen molar-refractivity contribution in [1.29, 1.82) is 0 Å². The number of nitrogens with zero attached hydrogens (tertiary/aromatic N) is 3.